The van der Waals surface area contributed by atoms with E-state index >= 15 is 0 Å². The summed E-state index contributed by atoms with van der Waals surface area (Å²) in [5, 5.41) is 15.3. The first-order valence-electron chi connectivity index (χ1n) is 6.54. The van der Waals surface area contributed by atoms with Gasteiger partial charge < -0.3 is 14.4 Å². The van der Waals surface area contributed by atoms with E-state index in [-0.39, 0.29) is 23.8 Å². The summed E-state index contributed by atoms with van der Waals surface area (Å²) in [4.78, 5) is 23.4. The minimum absolute atomic E-state index is 0.0396. The predicted octanol–water partition coefficient (Wildman–Crippen LogP) is 0.504. The zero-order valence-corrected chi connectivity index (χ0v) is 12.7. The molecule has 0 amide bonds. The average Bonchev–Trinajstić information content (AvgIpc) is 2.90. The number of nitrogens with zero attached hydrogens (tertiary/aromatic N) is 2. The Morgan fingerprint density at radius 2 is 2.05 bits per heavy atom. The largest absolute Gasteiger partial charge is 0.539 e. The molecule has 7 nitrogen and oxygen atoms in total. The van der Waals surface area contributed by atoms with Crippen LogP contribution in [-0.4, -0.2) is 35.1 Å². The van der Waals surface area contributed by atoms with Gasteiger partial charge in [-0.3, -0.25) is 9.59 Å². The second-order valence-electron chi connectivity index (χ2n) is 4.18. The molecular formula is C14H14N2O5S. The van der Waals surface area contributed by atoms with Gasteiger partial charge in [0.25, 0.3) is 0 Å². The molecule has 0 radical (unpaired) electrons. The van der Waals surface area contributed by atoms with E-state index in [1.54, 1.807) is 37.3 Å². The highest BCUT2D eigenvalue weighted by Crippen LogP contribution is 2.14. The molecule has 0 aliphatic heterocycles. The van der Waals surface area contributed by atoms with Gasteiger partial charge in [-0.15, -0.1) is 11.8 Å². The molecule has 1 aromatic carbocycles. The number of para-hydroxylation sites is 1. The molecule has 0 unspecified atom stereocenters. The summed E-state index contributed by atoms with van der Waals surface area (Å²) in [6.45, 7) is 2.00. The molecule has 0 aliphatic rings. The van der Waals surface area contributed by atoms with Crippen molar-refractivity contribution in [2.24, 2.45) is 0 Å². The van der Waals surface area contributed by atoms with E-state index in [0.717, 1.165) is 16.4 Å². The highest BCUT2D eigenvalue weighted by molar-refractivity contribution is 8.00. The molecule has 0 aliphatic carbocycles. The van der Waals surface area contributed by atoms with Gasteiger partial charge in [0.15, 0.2) is 5.95 Å². The molecule has 0 fully saturated rings. The van der Waals surface area contributed by atoms with Crippen LogP contribution in [0.15, 0.2) is 34.9 Å². The first-order chi connectivity index (χ1) is 10.6. The van der Waals surface area contributed by atoms with Crippen molar-refractivity contribution < 1.29 is 28.6 Å². The van der Waals surface area contributed by atoms with Crippen molar-refractivity contribution >= 4 is 23.5 Å². The number of ketones is 1. The molecule has 0 atom stereocenters. The monoisotopic (exact) mass is 322 g/mol. The molecule has 0 saturated heterocycles. The minimum Gasteiger partial charge on any atom is -0.539 e. The molecule has 22 heavy (non-hydrogen) atoms. The van der Waals surface area contributed by atoms with Crippen LogP contribution in [0.1, 0.15) is 17.4 Å². The molecule has 1 heterocycles. The van der Waals surface area contributed by atoms with Crippen molar-refractivity contribution in [2.75, 3.05) is 18.1 Å². The smallest absolute Gasteiger partial charge is 0.315 e. The lowest BCUT2D eigenvalue weighted by molar-refractivity contribution is -0.672. The number of aromatic nitrogens is 2. The van der Waals surface area contributed by atoms with E-state index in [4.69, 9.17) is 4.74 Å². The molecule has 0 N–H and O–H groups in total. The fourth-order valence-electron chi connectivity index (χ4n) is 1.72. The van der Waals surface area contributed by atoms with Crippen LogP contribution < -0.4 is 9.79 Å². The van der Waals surface area contributed by atoms with E-state index in [1.807, 2.05) is 0 Å². The normalized spacial score (nSPS) is 10.4. The highest BCUT2D eigenvalue weighted by Gasteiger charge is 2.27. The van der Waals surface area contributed by atoms with E-state index < -0.39 is 17.7 Å². The predicted molar refractivity (Wildman–Crippen MR) is 75.8 cm³/mol. The van der Waals surface area contributed by atoms with E-state index in [1.165, 1.54) is 0 Å². The van der Waals surface area contributed by atoms with Crippen molar-refractivity contribution in [1.82, 2.24) is 5.27 Å². The molecule has 2 rings (SSSR count). The van der Waals surface area contributed by atoms with Crippen molar-refractivity contribution in [3.8, 4) is 11.6 Å². The Labute approximate surface area is 130 Å². The number of rotatable bonds is 7. The summed E-state index contributed by atoms with van der Waals surface area (Å²) in [5.74, 6) is -1.65. The fraction of sp³-hybridized carbons (Fsp3) is 0.286. The number of carbonyl (C=O) groups is 2. The van der Waals surface area contributed by atoms with E-state index in [2.05, 4.69) is 9.79 Å². The van der Waals surface area contributed by atoms with Crippen molar-refractivity contribution in [1.29, 1.82) is 0 Å². The standard InChI is InChI=1S/C14H14N2O5S/c1-2-20-12(18)9-22-8-11(17)13-14(19)21-15-16(13)10-6-4-3-5-7-10/h3-7H,2,8-9H2,1H3. The second-order valence-corrected chi connectivity index (χ2v) is 5.16. The van der Waals surface area contributed by atoms with Crippen LogP contribution in [0.5, 0.6) is 5.95 Å². The quantitative estimate of drug-likeness (QED) is 0.416. The highest BCUT2D eigenvalue weighted by atomic mass is 32.2. The van der Waals surface area contributed by atoms with Crippen LogP contribution in [0, 0.1) is 0 Å². The lowest BCUT2D eigenvalue weighted by Crippen LogP contribution is -2.39. The topological polar surface area (TPSA) is 96.3 Å². The van der Waals surface area contributed by atoms with Crippen LogP contribution in [0.25, 0.3) is 5.69 Å². The summed E-state index contributed by atoms with van der Waals surface area (Å²) in [6, 6.07) is 8.71. The van der Waals surface area contributed by atoms with Gasteiger partial charge in [-0.1, -0.05) is 18.2 Å². The summed E-state index contributed by atoms with van der Waals surface area (Å²) in [5.41, 5.74) is 0.384. The Morgan fingerprint density at radius 1 is 1.32 bits per heavy atom. The number of benzene rings is 1. The Balaban J connectivity index is 2.07. The van der Waals surface area contributed by atoms with Crippen LogP contribution >= 0.6 is 11.8 Å². The number of ether oxygens (including phenoxy) is 1. The molecule has 8 heteroatoms. The lowest BCUT2D eigenvalue weighted by atomic mass is 10.3. The van der Waals surface area contributed by atoms with Gasteiger partial charge in [-0.05, 0) is 11.6 Å². The van der Waals surface area contributed by atoms with Crippen LogP contribution in [-0.2, 0) is 9.53 Å². The summed E-state index contributed by atoms with van der Waals surface area (Å²) in [7, 11) is 0. The first-order valence-corrected chi connectivity index (χ1v) is 7.70. The maximum Gasteiger partial charge on any atom is 0.315 e. The Morgan fingerprint density at radius 3 is 2.73 bits per heavy atom. The second kappa shape index (κ2) is 7.60. The van der Waals surface area contributed by atoms with Crippen molar-refractivity contribution in [3.05, 3.63) is 36.0 Å². The summed E-state index contributed by atoms with van der Waals surface area (Å²) < 4.78 is 10.5. The van der Waals surface area contributed by atoms with Gasteiger partial charge in [0.2, 0.25) is 11.5 Å². The van der Waals surface area contributed by atoms with E-state index in [0.29, 0.717) is 5.69 Å². The maximum atomic E-state index is 12.2. The SMILES string of the molecule is CCOC(=O)CSCC(=O)c1c([O-])on[n+]1-c1ccccc1. The molecule has 0 saturated carbocycles. The van der Waals surface area contributed by atoms with Crippen LogP contribution in [0.3, 0.4) is 0 Å². The third-order valence-electron chi connectivity index (χ3n) is 2.63. The van der Waals surface area contributed by atoms with Crippen LogP contribution in [0.4, 0.5) is 0 Å². The van der Waals surface area contributed by atoms with Gasteiger partial charge in [-0.2, -0.15) is 0 Å². The number of Topliss-reactive ketones (excluding diaryl/α,β-unsaturated/α-hetero) is 1. The first kappa shape index (κ1) is 16.0. The number of hydrogen-bond donors (Lipinski definition) is 0. The van der Waals surface area contributed by atoms with Gasteiger partial charge in [-0.25, -0.2) is 0 Å². The maximum absolute atomic E-state index is 12.2. The molecule has 1 aromatic heterocycles. The lowest BCUT2D eigenvalue weighted by Gasteiger charge is -2.00. The minimum atomic E-state index is -0.800. The van der Waals surface area contributed by atoms with Crippen LogP contribution in [0.2, 0.25) is 0 Å². The number of thioether (sulfide) groups is 1. The summed E-state index contributed by atoms with van der Waals surface area (Å²) in [6.07, 6.45) is 0. The molecular weight excluding hydrogens is 308 g/mol. The zero-order valence-electron chi connectivity index (χ0n) is 11.9. The Kier molecular flexibility index (Phi) is 5.54. The number of hydrogen-bond acceptors (Lipinski definition) is 7. The molecule has 0 spiro atoms. The van der Waals surface area contributed by atoms with Gasteiger partial charge in [0.1, 0.15) is 0 Å². The molecule has 2 aromatic rings. The average molecular weight is 322 g/mol. The van der Waals surface area contributed by atoms with Crippen molar-refractivity contribution in [2.45, 2.75) is 6.92 Å². The van der Waals surface area contributed by atoms with Gasteiger partial charge >= 0.3 is 11.7 Å². The Hall–Kier alpha value is -2.35. The fourth-order valence-corrected chi connectivity index (χ4v) is 2.40. The molecule has 0 bridgehead atoms. The van der Waals surface area contributed by atoms with Gasteiger partial charge in [0.05, 0.1) is 23.4 Å². The zero-order chi connectivity index (χ0) is 15.9. The van der Waals surface area contributed by atoms with Gasteiger partial charge in [0, 0.05) is 12.1 Å². The van der Waals surface area contributed by atoms with E-state index in [9.17, 15) is 14.7 Å². The third-order valence-corrected chi connectivity index (χ3v) is 3.54. The number of esters is 1. The van der Waals surface area contributed by atoms with Crippen molar-refractivity contribution in [3.63, 3.8) is 0 Å². The molecule has 116 valence electrons. The third kappa shape index (κ3) is 3.85. The summed E-state index contributed by atoms with van der Waals surface area (Å²) >= 11 is 1.07. The Bertz CT molecular complexity index is 657. The number of carbonyl (C=O) groups excluding carboxylic acids is 2.